The normalized spacial score (nSPS) is 11.1. The first kappa shape index (κ1) is 19.4. The molecular weight excluding hydrogens is 406 g/mol. The fraction of sp³-hybridized carbons (Fsp3) is 0.200. The van der Waals surface area contributed by atoms with Crippen LogP contribution in [0.3, 0.4) is 0 Å². The van der Waals surface area contributed by atoms with Crippen molar-refractivity contribution in [3.8, 4) is 16.2 Å². The van der Waals surface area contributed by atoms with Crippen molar-refractivity contribution in [2.45, 2.75) is 24.4 Å². The zero-order chi connectivity index (χ0) is 20.4. The van der Waals surface area contributed by atoms with E-state index in [9.17, 15) is 4.79 Å². The van der Waals surface area contributed by atoms with E-state index in [0.717, 1.165) is 27.2 Å². The van der Waals surface area contributed by atoms with E-state index < -0.39 is 0 Å². The Morgan fingerprint density at radius 1 is 1.31 bits per heavy atom. The second-order valence-corrected chi connectivity index (χ2v) is 8.28. The van der Waals surface area contributed by atoms with Gasteiger partial charge in [0.25, 0.3) is 5.56 Å². The van der Waals surface area contributed by atoms with Gasteiger partial charge >= 0.3 is 0 Å². The molecule has 4 rings (SSSR count). The molecule has 0 atom stereocenters. The summed E-state index contributed by atoms with van der Waals surface area (Å²) in [7, 11) is 1.64. The Hall–Kier alpha value is -2.91. The first-order valence-corrected chi connectivity index (χ1v) is 10.7. The van der Waals surface area contributed by atoms with Crippen LogP contribution in [-0.2, 0) is 12.3 Å². The number of thiophene rings is 1. The van der Waals surface area contributed by atoms with E-state index in [0.29, 0.717) is 28.3 Å². The molecule has 0 aliphatic rings. The predicted molar refractivity (Wildman–Crippen MR) is 117 cm³/mol. The number of hydrogen-bond acceptors (Lipinski definition) is 7. The number of thioether (sulfide) groups is 1. The third-order valence-electron chi connectivity index (χ3n) is 4.36. The lowest BCUT2D eigenvalue weighted by Crippen LogP contribution is -2.09. The van der Waals surface area contributed by atoms with Crippen molar-refractivity contribution in [3.05, 3.63) is 65.0 Å². The largest absolute Gasteiger partial charge is 0.497 e. The van der Waals surface area contributed by atoms with Crippen LogP contribution in [0.5, 0.6) is 5.75 Å². The van der Waals surface area contributed by atoms with E-state index in [1.54, 1.807) is 13.2 Å². The van der Waals surface area contributed by atoms with Gasteiger partial charge in [-0.1, -0.05) is 17.8 Å². The Bertz CT molecular complexity index is 1220. The number of nitrogens with one attached hydrogen (secondary N) is 1. The molecule has 0 amide bonds. The Morgan fingerprint density at radius 3 is 2.83 bits per heavy atom. The number of hydrogen-bond donors (Lipinski definition) is 1. The van der Waals surface area contributed by atoms with Gasteiger partial charge in [-0.2, -0.15) is 0 Å². The third-order valence-corrected chi connectivity index (χ3v) is 6.51. The maximum absolute atomic E-state index is 12.6. The van der Waals surface area contributed by atoms with Gasteiger partial charge in [-0.25, -0.2) is 4.98 Å². The lowest BCUT2D eigenvalue weighted by atomic mass is 10.2. The van der Waals surface area contributed by atoms with Crippen LogP contribution >= 0.6 is 23.1 Å². The van der Waals surface area contributed by atoms with Crippen molar-refractivity contribution >= 4 is 33.3 Å². The topological polar surface area (TPSA) is 85.7 Å². The minimum Gasteiger partial charge on any atom is -0.497 e. The summed E-state index contributed by atoms with van der Waals surface area (Å²) in [4.78, 5) is 21.1. The molecular formula is C20H19N5O2S2. The van der Waals surface area contributed by atoms with Gasteiger partial charge in [0.05, 0.1) is 18.4 Å². The van der Waals surface area contributed by atoms with Crippen molar-refractivity contribution in [1.82, 2.24) is 24.7 Å². The van der Waals surface area contributed by atoms with Gasteiger partial charge in [-0.05, 0) is 42.8 Å². The van der Waals surface area contributed by atoms with Crippen molar-refractivity contribution < 1.29 is 4.74 Å². The average Bonchev–Trinajstić information content (AvgIpc) is 3.31. The third kappa shape index (κ3) is 3.96. The molecule has 0 fully saturated rings. The number of ether oxygens (including phenoxy) is 1. The Balaban J connectivity index is 1.60. The fourth-order valence-electron chi connectivity index (χ4n) is 2.89. The van der Waals surface area contributed by atoms with Gasteiger partial charge in [0.15, 0.2) is 5.16 Å². The summed E-state index contributed by atoms with van der Waals surface area (Å²) in [5, 5.41) is 9.07. The number of rotatable bonds is 7. The molecule has 3 aromatic heterocycles. The zero-order valence-electron chi connectivity index (χ0n) is 16.0. The van der Waals surface area contributed by atoms with Gasteiger partial charge in [0.2, 0.25) is 0 Å². The minimum atomic E-state index is -0.126. The molecule has 0 spiro atoms. The molecule has 0 aliphatic heterocycles. The Kier molecular flexibility index (Phi) is 5.50. The molecule has 0 saturated heterocycles. The summed E-state index contributed by atoms with van der Waals surface area (Å²) in [5.74, 6) is 2.72. The highest BCUT2D eigenvalue weighted by atomic mass is 32.2. The first-order valence-electron chi connectivity index (χ1n) is 8.89. The van der Waals surface area contributed by atoms with Crippen molar-refractivity contribution in [1.29, 1.82) is 0 Å². The molecule has 0 saturated carbocycles. The van der Waals surface area contributed by atoms with E-state index in [4.69, 9.17) is 4.74 Å². The first-order chi connectivity index (χ1) is 14.1. The molecule has 0 unspecified atom stereocenters. The fourth-order valence-corrected chi connectivity index (χ4v) is 4.76. The van der Waals surface area contributed by atoms with E-state index in [1.165, 1.54) is 23.1 Å². The molecule has 0 bridgehead atoms. The summed E-state index contributed by atoms with van der Waals surface area (Å²) in [6.07, 6.45) is 1.80. The summed E-state index contributed by atoms with van der Waals surface area (Å²) >= 11 is 2.92. The van der Waals surface area contributed by atoms with Crippen molar-refractivity contribution in [2.24, 2.45) is 0 Å². The number of allylic oxidation sites excluding steroid dienone is 1. The Morgan fingerprint density at radius 2 is 2.10 bits per heavy atom. The van der Waals surface area contributed by atoms with Crippen LogP contribution in [-0.4, -0.2) is 31.8 Å². The Labute approximate surface area is 175 Å². The molecule has 3 heterocycles. The van der Waals surface area contributed by atoms with Crippen molar-refractivity contribution in [2.75, 3.05) is 7.11 Å². The molecule has 148 valence electrons. The molecule has 0 aliphatic carbocycles. The molecule has 7 nitrogen and oxygen atoms in total. The number of aromatic amines is 1. The SMILES string of the molecule is C=CCn1c(C)nnc1SCc1nc2cc(-c3ccc(OC)cc3)sc2c(=O)[nH]1. The van der Waals surface area contributed by atoms with Gasteiger partial charge in [0, 0.05) is 11.4 Å². The zero-order valence-corrected chi connectivity index (χ0v) is 17.6. The van der Waals surface area contributed by atoms with Gasteiger partial charge in [-0.3, -0.25) is 4.79 Å². The number of fused-ring (bicyclic) bond motifs is 1. The van der Waals surface area contributed by atoms with Crippen LogP contribution in [0.4, 0.5) is 0 Å². The van der Waals surface area contributed by atoms with Gasteiger partial charge in [0.1, 0.15) is 22.1 Å². The van der Waals surface area contributed by atoms with Crippen LogP contribution in [0.1, 0.15) is 11.6 Å². The standard InChI is InChI=1S/C20H19N5O2S2/c1-4-9-25-12(2)23-24-20(25)28-11-17-21-15-10-16(29-18(15)19(26)22-17)13-5-7-14(27-3)8-6-13/h4-8,10H,1,9,11H2,2-3H3,(H,21,22,26). The smallest absolute Gasteiger partial charge is 0.268 e. The van der Waals surface area contributed by atoms with Crippen LogP contribution in [0.25, 0.3) is 20.7 Å². The minimum absolute atomic E-state index is 0.126. The van der Waals surface area contributed by atoms with E-state index in [1.807, 2.05) is 41.8 Å². The van der Waals surface area contributed by atoms with E-state index >= 15 is 0 Å². The average molecular weight is 426 g/mol. The summed E-state index contributed by atoms with van der Waals surface area (Å²) in [5.41, 5.74) is 1.60. The second kappa shape index (κ2) is 8.22. The maximum Gasteiger partial charge on any atom is 0.268 e. The van der Waals surface area contributed by atoms with Crippen LogP contribution in [0.15, 0.2) is 52.9 Å². The molecule has 0 radical (unpaired) electrons. The summed E-state index contributed by atoms with van der Waals surface area (Å²) < 4.78 is 7.80. The lowest BCUT2D eigenvalue weighted by molar-refractivity contribution is 0.415. The van der Waals surface area contributed by atoms with Crippen LogP contribution in [0, 0.1) is 6.92 Å². The maximum atomic E-state index is 12.6. The molecule has 29 heavy (non-hydrogen) atoms. The number of methoxy groups -OCH3 is 1. The van der Waals surface area contributed by atoms with Gasteiger partial charge < -0.3 is 14.3 Å². The lowest BCUT2D eigenvalue weighted by Gasteiger charge is -2.04. The molecule has 1 aromatic carbocycles. The number of nitrogens with zero attached hydrogens (tertiary/aromatic N) is 4. The highest BCUT2D eigenvalue weighted by Crippen LogP contribution is 2.32. The highest BCUT2D eigenvalue weighted by molar-refractivity contribution is 7.98. The van der Waals surface area contributed by atoms with E-state index in [-0.39, 0.29) is 5.56 Å². The number of aryl methyl sites for hydroxylation is 1. The monoisotopic (exact) mass is 425 g/mol. The number of H-pyrrole nitrogens is 1. The summed E-state index contributed by atoms with van der Waals surface area (Å²) in [6.45, 7) is 6.31. The number of benzene rings is 1. The van der Waals surface area contributed by atoms with Crippen LogP contribution in [0.2, 0.25) is 0 Å². The molecule has 9 heteroatoms. The van der Waals surface area contributed by atoms with E-state index in [2.05, 4.69) is 26.7 Å². The number of aromatic nitrogens is 5. The summed E-state index contributed by atoms with van der Waals surface area (Å²) in [6, 6.07) is 9.71. The quantitative estimate of drug-likeness (QED) is 0.355. The van der Waals surface area contributed by atoms with Gasteiger partial charge in [-0.15, -0.1) is 28.1 Å². The van der Waals surface area contributed by atoms with Crippen LogP contribution < -0.4 is 10.3 Å². The molecule has 1 N–H and O–H groups in total. The second-order valence-electron chi connectivity index (χ2n) is 6.28. The highest BCUT2D eigenvalue weighted by Gasteiger charge is 2.13. The predicted octanol–water partition coefficient (Wildman–Crippen LogP) is 4.04. The molecule has 4 aromatic rings. The van der Waals surface area contributed by atoms with Crippen molar-refractivity contribution in [3.63, 3.8) is 0 Å².